The number of nitrogens with zero attached hydrogens (tertiary/aromatic N) is 1. The van der Waals surface area contributed by atoms with Crippen LogP contribution >= 0.6 is 11.3 Å². The Balaban J connectivity index is 2.23. The minimum Gasteiger partial charge on any atom is -0.374 e. The number of hydrogen-bond donors (Lipinski definition) is 2. The van der Waals surface area contributed by atoms with Crippen molar-refractivity contribution in [3.63, 3.8) is 0 Å². The maximum absolute atomic E-state index is 13.8. The SMILES string of the molecule is CC(Nc1ccc(S(N)(=O)=O)cc1F)c1nccs1. The van der Waals surface area contributed by atoms with E-state index >= 15 is 0 Å². The molecule has 1 aromatic heterocycles. The van der Waals surface area contributed by atoms with Crippen molar-refractivity contribution in [3.8, 4) is 0 Å². The molecule has 0 aliphatic carbocycles. The maximum Gasteiger partial charge on any atom is 0.238 e. The molecule has 0 bridgehead atoms. The first-order valence-corrected chi connectivity index (χ1v) is 7.79. The molecule has 1 aromatic carbocycles. The summed E-state index contributed by atoms with van der Waals surface area (Å²) < 4.78 is 36.0. The summed E-state index contributed by atoms with van der Waals surface area (Å²) in [6.07, 6.45) is 1.67. The molecule has 1 heterocycles. The highest BCUT2D eigenvalue weighted by atomic mass is 32.2. The van der Waals surface area contributed by atoms with Crippen molar-refractivity contribution in [1.29, 1.82) is 0 Å². The van der Waals surface area contributed by atoms with Gasteiger partial charge in [0.2, 0.25) is 10.0 Å². The summed E-state index contributed by atoms with van der Waals surface area (Å²) in [5.41, 5.74) is 0.204. The number of thiazole rings is 1. The fraction of sp³-hybridized carbons (Fsp3) is 0.182. The van der Waals surface area contributed by atoms with Crippen molar-refractivity contribution < 1.29 is 12.8 Å². The van der Waals surface area contributed by atoms with E-state index < -0.39 is 15.8 Å². The molecule has 3 N–H and O–H groups in total. The van der Waals surface area contributed by atoms with E-state index in [1.54, 1.807) is 6.20 Å². The Bertz CT molecular complexity index is 671. The van der Waals surface area contributed by atoms with Crippen molar-refractivity contribution in [1.82, 2.24) is 4.98 Å². The van der Waals surface area contributed by atoms with Crippen molar-refractivity contribution in [2.75, 3.05) is 5.32 Å². The summed E-state index contributed by atoms with van der Waals surface area (Å²) in [5, 5.41) is 10.5. The highest BCUT2D eigenvalue weighted by molar-refractivity contribution is 7.89. The molecule has 5 nitrogen and oxygen atoms in total. The minimum absolute atomic E-state index is 0.171. The molecule has 0 aliphatic rings. The third-order valence-corrected chi connectivity index (χ3v) is 4.33. The average Bonchev–Trinajstić information content (AvgIpc) is 2.84. The lowest BCUT2D eigenvalue weighted by Crippen LogP contribution is -2.13. The number of nitrogens with one attached hydrogen (secondary N) is 1. The highest BCUT2D eigenvalue weighted by Crippen LogP contribution is 2.24. The summed E-state index contributed by atoms with van der Waals surface area (Å²) in [5.74, 6) is -0.671. The van der Waals surface area contributed by atoms with Crippen LogP contribution in [0.2, 0.25) is 0 Å². The lowest BCUT2D eigenvalue weighted by molar-refractivity contribution is 0.592. The predicted octanol–water partition coefficient (Wildman–Crippen LogP) is 2.10. The van der Waals surface area contributed by atoms with Gasteiger partial charge < -0.3 is 5.32 Å². The molecule has 0 amide bonds. The van der Waals surface area contributed by atoms with Gasteiger partial charge in [-0.3, -0.25) is 0 Å². The van der Waals surface area contributed by atoms with E-state index in [1.165, 1.54) is 23.5 Å². The predicted molar refractivity (Wildman–Crippen MR) is 71.9 cm³/mol. The van der Waals surface area contributed by atoms with Crippen molar-refractivity contribution in [3.05, 3.63) is 40.6 Å². The number of benzene rings is 1. The summed E-state index contributed by atoms with van der Waals surface area (Å²) in [7, 11) is -3.89. The summed E-state index contributed by atoms with van der Waals surface area (Å²) in [4.78, 5) is 3.86. The largest absolute Gasteiger partial charge is 0.374 e. The van der Waals surface area contributed by atoms with Crippen LogP contribution in [0.15, 0.2) is 34.7 Å². The van der Waals surface area contributed by atoms with E-state index in [2.05, 4.69) is 10.3 Å². The number of sulfonamides is 1. The van der Waals surface area contributed by atoms with E-state index in [4.69, 9.17) is 5.14 Å². The molecule has 1 unspecified atom stereocenters. The van der Waals surface area contributed by atoms with Gasteiger partial charge in [-0.05, 0) is 25.1 Å². The minimum atomic E-state index is -3.89. The Hall–Kier alpha value is -1.51. The Morgan fingerprint density at radius 2 is 2.21 bits per heavy atom. The topological polar surface area (TPSA) is 85.1 Å². The number of primary sulfonamides is 1. The molecular formula is C11H12FN3O2S2. The molecule has 0 spiro atoms. The van der Waals surface area contributed by atoms with Crippen molar-refractivity contribution in [2.45, 2.75) is 17.9 Å². The second kappa shape index (κ2) is 5.24. The zero-order valence-electron chi connectivity index (χ0n) is 10.00. The molecule has 1 atom stereocenters. The van der Waals surface area contributed by atoms with E-state index in [0.29, 0.717) is 0 Å². The molecule has 2 aromatic rings. The monoisotopic (exact) mass is 301 g/mol. The van der Waals surface area contributed by atoms with Gasteiger partial charge in [-0.1, -0.05) is 0 Å². The fourth-order valence-electron chi connectivity index (χ4n) is 1.53. The Morgan fingerprint density at radius 3 is 2.74 bits per heavy atom. The number of aromatic nitrogens is 1. The van der Waals surface area contributed by atoms with Gasteiger partial charge in [0.15, 0.2) is 0 Å². The zero-order valence-corrected chi connectivity index (χ0v) is 11.6. The number of nitrogens with two attached hydrogens (primary N) is 1. The van der Waals surface area contributed by atoms with E-state index in [1.807, 2.05) is 12.3 Å². The van der Waals surface area contributed by atoms with E-state index in [0.717, 1.165) is 11.1 Å². The maximum atomic E-state index is 13.8. The number of anilines is 1. The third kappa shape index (κ3) is 3.28. The second-order valence-corrected chi connectivity index (χ2v) is 6.41. The third-order valence-electron chi connectivity index (χ3n) is 2.46. The van der Waals surface area contributed by atoms with Crippen LogP contribution in [0.4, 0.5) is 10.1 Å². The van der Waals surface area contributed by atoms with Gasteiger partial charge in [0.05, 0.1) is 16.6 Å². The van der Waals surface area contributed by atoms with Crippen LogP contribution < -0.4 is 10.5 Å². The van der Waals surface area contributed by atoms with Gasteiger partial charge in [0, 0.05) is 11.6 Å². The molecule has 2 rings (SSSR count). The summed E-state index contributed by atoms with van der Waals surface area (Å²) >= 11 is 1.45. The molecule has 0 saturated carbocycles. The van der Waals surface area contributed by atoms with Gasteiger partial charge in [0.1, 0.15) is 10.8 Å². The first-order chi connectivity index (χ1) is 8.88. The van der Waals surface area contributed by atoms with Crippen LogP contribution in [-0.2, 0) is 10.0 Å². The molecule has 19 heavy (non-hydrogen) atoms. The highest BCUT2D eigenvalue weighted by Gasteiger charge is 2.14. The van der Waals surface area contributed by atoms with Gasteiger partial charge >= 0.3 is 0 Å². The zero-order chi connectivity index (χ0) is 14.0. The van der Waals surface area contributed by atoms with Crippen LogP contribution in [0.25, 0.3) is 0 Å². The first kappa shape index (κ1) is 13.9. The fourth-order valence-corrected chi connectivity index (χ4v) is 2.70. The van der Waals surface area contributed by atoms with Gasteiger partial charge in [-0.2, -0.15) is 0 Å². The van der Waals surface area contributed by atoms with Crippen LogP contribution in [-0.4, -0.2) is 13.4 Å². The average molecular weight is 301 g/mol. The smallest absolute Gasteiger partial charge is 0.238 e. The molecule has 102 valence electrons. The number of halogens is 1. The lowest BCUT2D eigenvalue weighted by atomic mass is 10.2. The Kier molecular flexibility index (Phi) is 3.83. The van der Waals surface area contributed by atoms with Gasteiger partial charge in [-0.25, -0.2) is 22.9 Å². The number of rotatable bonds is 4. The summed E-state index contributed by atoms with van der Waals surface area (Å²) in [6, 6.07) is 3.33. The van der Waals surface area contributed by atoms with Gasteiger partial charge in [0.25, 0.3) is 0 Å². The van der Waals surface area contributed by atoms with Gasteiger partial charge in [-0.15, -0.1) is 11.3 Å². The van der Waals surface area contributed by atoms with Crippen LogP contribution in [0.3, 0.4) is 0 Å². The lowest BCUT2D eigenvalue weighted by Gasteiger charge is -2.13. The van der Waals surface area contributed by atoms with E-state index in [-0.39, 0.29) is 16.6 Å². The molecule has 8 heteroatoms. The first-order valence-electron chi connectivity index (χ1n) is 5.36. The van der Waals surface area contributed by atoms with Crippen molar-refractivity contribution >= 4 is 27.0 Å². The van der Waals surface area contributed by atoms with Crippen molar-refractivity contribution in [2.24, 2.45) is 5.14 Å². The molecule has 0 aliphatic heterocycles. The standard InChI is InChI=1S/C11H12FN3O2S2/c1-7(11-14-4-5-18-11)15-10-3-2-8(6-9(10)12)19(13,16)17/h2-7,15H,1H3,(H2,13,16,17). The molecule has 0 saturated heterocycles. The molecule has 0 radical (unpaired) electrons. The molecular weight excluding hydrogens is 289 g/mol. The van der Waals surface area contributed by atoms with E-state index in [9.17, 15) is 12.8 Å². The second-order valence-electron chi connectivity index (χ2n) is 3.92. The molecule has 0 fully saturated rings. The van der Waals surface area contributed by atoms with Crippen LogP contribution in [0, 0.1) is 5.82 Å². The Morgan fingerprint density at radius 1 is 1.47 bits per heavy atom. The number of hydrogen-bond acceptors (Lipinski definition) is 5. The van der Waals surface area contributed by atoms with Crippen LogP contribution in [0.1, 0.15) is 18.0 Å². The Labute approximate surface area is 114 Å². The normalized spacial score (nSPS) is 13.2. The quantitative estimate of drug-likeness (QED) is 0.905. The van der Waals surface area contributed by atoms with Crippen LogP contribution in [0.5, 0.6) is 0 Å². The summed E-state index contributed by atoms with van der Waals surface area (Å²) in [6.45, 7) is 1.84.